The van der Waals surface area contributed by atoms with E-state index in [4.69, 9.17) is 14.5 Å². The van der Waals surface area contributed by atoms with Gasteiger partial charge in [-0.05, 0) is 47.4 Å². The summed E-state index contributed by atoms with van der Waals surface area (Å²) in [5.74, 6) is 1.44. The lowest BCUT2D eigenvalue weighted by atomic mass is 10.1. The van der Waals surface area contributed by atoms with Gasteiger partial charge in [0.1, 0.15) is 5.82 Å². The van der Waals surface area contributed by atoms with Gasteiger partial charge in [-0.3, -0.25) is 9.69 Å². The number of rotatable bonds is 8. The zero-order valence-electron chi connectivity index (χ0n) is 20.2. The first-order chi connectivity index (χ1) is 17.2. The van der Waals surface area contributed by atoms with Crippen LogP contribution in [0.4, 0.5) is 0 Å². The molecule has 6 nitrogen and oxygen atoms in total. The van der Waals surface area contributed by atoms with Gasteiger partial charge < -0.3 is 14.0 Å². The van der Waals surface area contributed by atoms with Crippen LogP contribution in [0.2, 0.25) is 0 Å². The fourth-order valence-corrected chi connectivity index (χ4v) is 4.70. The summed E-state index contributed by atoms with van der Waals surface area (Å²) in [5.41, 5.74) is 5.10. The minimum Gasteiger partial charge on any atom is -0.493 e. The summed E-state index contributed by atoms with van der Waals surface area (Å²) < 4.78 is 13.1. The molecule has 0 amide bonds. The molecular formula is C29H31N3O3. The molecule has 0 aliphatic carbocycles. The largest absolute Gasteiger partial charge is 0.493 e. The second-order valence-corrected chi connectivity index (χ2v) is 8.88. The van der Waals surface area contributed by atoms with Crippen molar-refractivity contribution < 1.29 is 9.47 Å². The Morgan fingerprint density at radius 1 is 0.886 bits per heavy atom. The standard InChI is InChI=1S/C29H31N3O3/c1-34-28-9-5-8-23(21-27(28)33)24-11-12-26-25(20-24)30-29(13-10-22-6-3-2-4-7-22)32(26)15-14-31-16-18-35-19-17-31/h2-9,11-12,20-21H,10,13-19H2,1H3. The molecule has 1 aromatic heterocycles. The first kappa shape index (κ1) is 23.3. The molecule has 0 N–H and O–H groups in total. The molecule has 0 radical (unpaired) electrons. The van der Waals surface area contributed by atoms with E-state index in [0.717, 1.165) is 80.2 Å². The zero-order chi connectivity index (χ0) is 24.0. The first-order valence-corrected chi connectivity index (χ1v) is 12.2. The van der Waals surface area contributed by atoms with Gasteiger partial charge in [0.2, 0.25) is 5.43 Å². The average Bonchev–Trinajstić information content (AvgIpc) is 3.13. The predicted octanol–water partition coefficient (Wildman–Crippen LogP) is 4.19. The number of morpholine rings is 1. The van der Waals surface area contributed by atoms with Crippen molar-refractivity contribution in [1.29, 1.82) is 0 Å². The van der Waals surface area contributed by atoms with E-state index in [1.54, 1.807) is 12.1 Å². The van der Waals surface area contributed by atoms with Crippen molar-refractivity contribution in [3.05, 3.63) is 94.4 Å². The predicted molar refractivity (Wildman–Crippen MR) is 139 cm³/mol. The van der Waals surface area contributed by atoms with Crippen LogP contribution in [0.25, 0.3) is 22.2 Å². The fourth-order valence-electron chi connectivity index (χ4n) is 4.70. The molecule has 1 saturated heterocycles. The number of benzene rings is 2. The van der Waals surface area contributed by atoms with Gasteiger partial charge in [0.25, 0.3) is 0 Å². The molecule has 180 valence electrons. The summed E-state index contributed by atoms with van der Waals surface area (Å²) in [4.78, 5) is 20.0. The molecule has 1 aliphatic rings. The van der Waals surface area contributed by atoms with Crippen molar-refractivity contribution in [2.75, 3.05) is 40.0 Å². The van der Waals surface area contributed by atoms with Crippen LogP contribution in [0, 0.1) is 0 Å². The number of aromatic nitrogens is 2. The molecular weight excluding hydrogens is 438 g/mol. The normalized spacial score (nSPS) is 14.3. The van der Waals surface area contributed by atoms with Gasteiger partial charge in [0.15, 0.2) is 5.75 Å². The maximum absolute atomic E-state index is 12.5. The summed E-state index contributed by atoms with van der Waals surface area (Å²) in [6.07, 6.45) is 1.82. The SMILES string of the molecule is COc1cccc(-c2ccc3c(c2)nc(CCc2ccccc2)n3CCN2CCOCC2)cc1=O. The Kier molecular flexibility index (Phi) is 7.21. The second kappa shape index (κ2) is 10.8. The first-order valence-electron chi connectivity index (χ1n) is 12.2. The monoisotopic (exact) mass is 469 g/mol. The molecule has 5 rings (SSSR count). The molecule has 0 spiro atoms. The molecule has 6 heteroatoms. The Hall–Kier alpha value is -3.48. The minimum atomic E-state index is -0.132. The van der Waals surface area contributed by atoms with Gasteiger partial charge in [-0.15, -0.1) is 0 Å². The van der Waals surface area contributed by atoms with Crippen molar-refractivity contribution in [3.8, 4) is 16.9 Å². The highest BCUT2D eigenvalue weighted by atomic mass is 16.5. The van der Waals surface area contributed by atoms with E-state index in [1.807, 2.05) is 12.1 Å². The highest BCUT2D eigenvalue weighted by Gasteiger charge is 2.15. The third-order valence-corrected chi connectivity index (χ3v) is 6.66. The lowest BCUT2D eigenvalue weighted by Crippen LogP contribution is -2.38. The van der Waals surface area contributed by atoms with E-state index < -0.39 is 0 Å². The Morgan fingerprint density at radius 3 is 2.49 bits per heavy atom. The molecule has 1 fully saturated rings. The molecule has 1 aliphatic heterocycles. The Bertz CT molecular complexity index is 1340. The Labute approximate surface area is 205 Å². The number of fused-ring (bicyclic) bond motifs is 1. The van der Waals surface area contributed by atoms with E-state index in [1.165, 1.54) is 12.7 Å². The molecule has 2 heterocycles. The highest BCUT2D eigenvalue weighted by Crippen LogP contribution is 2.25. The van der Waals surface area contributed by atoms with Crippen molar-refractivity contribution in [1.82, 2.24) is 14.5 Å². The van der Waals surface area contributed by atoms with Gasteiger partial charge in [0.05, 0.1) is 31.4 Å². The van der Waals surface area contributed by atoms with Crippen LogP contribution < -0.4 is 10.2 Å². The minimum absolute atomic E-state index is 0.132. The van der Waals surface area contributed by atoms with Crippen LogP contribution in [-0.2, 0) is 24.1 Å². The van der Waals surface area contributed by atoms with Crippen molar-refractivity contribution in [2.45, 2.75) is 19.4 Å². The molecule has 0 bridgehead atoms. The van der Waals surface area contributed by atoms with Gasteiger partial charge in [-0.1, -0.05) is 48.5 Å². The maximum Gasteiger partial charge on any atom is 0.220 e. The number of hydrogen-bond acceptors (Lipinski definition) is 5. The highest BCUT2D eigenvalue weighted by molar-refractivity contribution is 5.82. The van der Waals surface area contributed by atoms with Crippen LogP contribution >= 0.6 is 0 Å². The third kappa shape index (κ3) is 5.45. The van der Waals surface area contributed by atoms with Gasteiger partial charge in [0, 0.05) is 32.6 Å². The third-order valence-electron chi connectivity index (χ3n) is 6.66. The van der Waals surface area contributed by atoms with E-state index in [2.05, 4.69) is 58.0 Å². The van der Waals surface area contributed by atoms with Crippen molar-refractivity contribution in [2.24, 2.45) is 0 Å². The number of nitrogens with zero attached hydrogens (tertiary/aromatic N) is 3. The van der Waals surface area contributed by atoms with E-state index in [0.29, 0.717) is 5.75 Å². The van der Waals surface area contributed by atoms with E-state index >= 15 is 0 Å². The fraction of sp³-hybridized carbons (Fsp3) is 0.310. The second-order valence-electron chi connectivity index (χ2n) is 8.88. The summed E-state index contributed by atoms with van der Waals surface area (Å²) in [6.45, 7) is 5.42. The summed E-state index contributed by atoms with van der Waals surface area (Å²) in [7, 11) is 1.52. The van der Waals surface area contributed by atoms with E-state index in [-0.39, 0.29) is 5.43 Å². The summed E-state index contributed by atoms with van der Waals surface area (Å²) >= 11 is 0. The molecule has 35 heavy (non-hydrogen) atoms. The van der Waals surface area contributed by atoms with Crippen LogP contribution in [0.1, 0.15) is 11.4 Å². The maximum atomic E-state index is 12.5. The van der Waals surface area contributed by atoms with Crippen LogP contribution in [0.5, 0.6) is 5.75 Å². The Balaban J connectivity index is 1.47. The summed E-state index contributed by atoms with van der Waals surface area (Å²) in [6, 6.07) is 24.0. The molecule has 4 aromatic rings. The van der Waals surface area contributed by atoms with Gasteiger partial charge in [-0.2, -0.15) is 0 Å². The summed E-state index contributed by atoms with van der Waals surface area (Å²) in [5, 5.41) is 0. The lowest BCUT2D eigenvalue weighted by molar-refractivity contribution is 0.0364. The number of hydrogen-bond donors (Lipinski definition) is 0. The topological polar surface area (TPSA) is 56.6 Å². The van der Waals surface area contributed by atoms with Gasteiger partial charge >= 0.3 is 0 Å². The average molecular weight is 470 g/mol. The smallest absolute Gasteiger partial charge is 0.220 e. The number of aryl methyl sites for hydroxylation is 2. The number of imidazole rings is 1. The lowest BCUT2D eigenvalue weighted by Gasteiger charge is -2.27. The van der Waals surface area contributed by atoms with Crippen LogP contribution in [0.3, 0.4) is 0 Å². The molecule has 0 unspecified atom stereocenters. The molecule has 3 aromatic carbocycles. The van der Waals surface area contributed by atoms with Crippen LogP contribution in [-0.4, -0.2) is 54.4 Å². The van der Waals surface area contributed by atoms with Gasteiger partial charge in [-0.25, -0.2) is 4.98 Å². The van der Waals surface area contributed by atoms with E-state index in [9.17, 15) is 4.79 Å². The zero-order valence-corrected chi connectivity index (χ0v) is 20.2. The number of ether oxygens (including phenoxy) is 2. The van der Waals surface area contributed by atoms with Crippen LogP contribution in [0.15, 0.2) is 77.6 Å². The molecule has 0 atom stereocenters. The quantitative estimate of drug-likeness (QED) is 0.387. The number of methoxy groups -OCH3 is 1. The van der Waals surface area contributed by atoms with Crippen molar-refractivity contribution in [3.63, 3.8) is 0 Å². The van der Waals surface area contributed by atoms with Crippen molar-refractivity contribution >= 4 is 11.0 Å². The molecule has 0 saturated carbocycles. The Morgan fingerprint density at radius 2 is 1.69 bits per heavy atom.